The normalized spacial score (nSPS) is 15.3. The van der Waals surface area contributed by atoms with E-state index in [0.29, 0.717) is 31.5 Å². The van der Waals surface area contributed by atoms with Gasteiger partial charge in [-0.1, -0.05) is 30.3 Å². The number of benzene rings is 2. The number of amides is 2. The molecular formula is C24H27FN2O4. The maximum absolute atomic E-state index is 12.9. The van der Waals surface area contributed by atoms with Crippen LogP contribution in [0.2, 0.25) is 0 Å². The van der Waals surface area contributed by atoms with Crippen molar-refractivity contribution in [3.63, 3.8) is 0 Å². The first-order valence-electron chi connectivity index (χ1n) is 10.4. The Hall–Kier alpha value is -3.22. The molecule has 0 radical (unpaired) electrons. The average Bonchev–Trinajstić information content (AvgIpc) is 2.78. The minimum absolute atomic E-state index is 0.0292. The van der Waals surface area contributed by atoms with Gasteiger partial charge in [-0.2, -0.15) is 0 Å². The second-order valence-corrected chi connectivity index (χ2v) is 7.80. The minimum Gasteiger partial charge on any atom is -0.452 e. The Morgan fingerprint density at radius 3 is 2.39 bits per heavy atom. The summed E-state index contributed by atoms with van der Waals surface area (Å²) in [5.74, 6) is -1.55. The summed E-state index contributed by atoms with van der Waals surface area (Å²) < 4.78 is 18.3. The van der Waals surface area contributed by atoms with E-state index in [4.69, 9.17) is 4.74 Å². The van der Waals surface area contributed by atoms with Crippen molar-refractivity contribution in [1.82, 2.24) is 10.2 Å². The summed E-state index contributed by atoms with van der Waals surface area (Å²) >= 11 is 0. The zero-order valence-electron chi connectivity index (χ0n) is 17.8. The molecular weight excluding hydrogens is 399 g/mol. The van der Waals surface area contributed by atoms with Crippen molar-refractivity contribution in [2.75, 3.05) is 13.1 Å². The third-order valence-electron chi connectivity index (χ3n) is 5.53. The summed E-state index contributed by atoms with van der Waals surface area (Å²) in [7, 11) is 0. The molecule has 1 aliphatic rings. The Morgan fingerprint density at radius 1 is 1.10 bits per heavy atom. The number of aryl methyl sites for hydroxylation is 1. The average molecular weight is 426 g/mol. The van der Waals surface area contributed by atoms with Crippen molar-refractivity contribution >= 4 is 17.8 Å². The lowest BCUT2D eigenvalue weighted by Crippen LogP contribution is -2.42. The molecule has 31 heavy (non-hydrogen) atoms. The second-order valence-electron chi connectivity index (χ2n) is 7.80. The van der Waals surface area contributed by atoms with E-state index in [1.54, 1.807) is 17.0 Å². The van der Waals surface area contributed by atoms with Gasteiger partial charge in [0.25, 0.3) is 11.8 Å². The van der Waals surface area contributed by atoms with E-state index < -0.39 is 18.0 Å². The Kier molecular flexibility index (Phi) is 7.39. The molecule has 6 nitrogen and oxygen atoms in total. The van der Waals surface area contributed by atoms with Crippen molar-refractivity contribution < 1.29 is 23.5 Å². The van der Waals surface area contributed by atoms with Gasteiger partial charge < -0.3 is 15.0 Å². The van der Waals surface area contributed by atoms with Gasteiger partial charge in [-0.25, -0.2) is 4.39 Å². The van der Waals surface area contributed by atoms with Gasteiger partial charge in [-0.3, -0.25) is 14.4 Å². The number of halogens is 1. The van der Waals surface area contributed by atoms with Crippen molar-refractivity contribution in [1.29, 1.82) is 0 Å². The van der Waals surface area contributed by atoms with Gasteiger partial charge in [-0.05, 0) is 56.0 Å². The summed E-state index contributed by atoms with van der Waals surface area (Å²) in [6.07, 6.45) is 0.0698. The lowest BCUT2D eigenvalue weighted by Gasteiger charge is -2.31. The molecule has 2 aromatic rings. The van der Waals surface area contributed by atoms with Gasteiger partial charge in [0.2, 0.25) is 0 Å². The highest BCUT2D eigenvalue weighted by atomic mass is 19.1. The van der Waals surface area contributed by atoms with Crippen LogP contribution in [0, 0.1) is 18.7 Å². The van der Waals surface area contributed by atoms with Gasteiger partial charge in [0.15, 0.2) is 6.10 Å². The van der Waals surface area contributed by atoms with Gasteiger partial charge in [0.05, 0.1) is 5.92 Å². The van der Waals surface area contributed by atoms with Crippen LogP contribution in [0.15, 0.2) is 48.5 Å². The third kappa shape index (κ3) is 5.90. The summed E-state index contributed by atoms with van der Waals surface area (Å²) in [4.78, 5) is 39.2. The van der Waals surface area contributed by atoms with E-state index in [1.165, 1.54) is 19.1 Å². The quantitative estimate of drug-likeness (QED) is 0.720. The fourth-order valence-corrected chi connectivity index (χ4v) is 3.56. The molecule has 1 aliphatic heterocycles. The maximum Gasteiger partial charge on any atom is 0.309 e. The smallest absolute Gasteiger partial charge is 0.309 e. The largest absolute Gasteiger partial charge is 0.452 e. The maximum atomic E-state index is 12.9. The lowest BCUT2D eigenvalue weighted by atomic mass is 9.96. The Bertz CT molecular complexity index is 937. The van der Waals surface area contributed by atoms with E-state index >= 15 is 0 Å². The van der Waals surface area contributed by atoms with E-state index in [-0.39, 0.29) is 24.2 Å². The fraction of sp³-hybridized carbons (Fsp3) is 0.375. The fourth-order valence-electron chi connectivity index (χ4n) is 3.56. The van der Waals surface area contributed by atoms with Crippen LogP contribution in [0.5, 0.6) is 0 Å². The highest BCUT2D eigenvalue weighted by molar-refractivity contribution is 5.95. The number of piperidine rings is 1. The molecule has 1 fully saturated rings. The predicted molar refractivity (Wildman–Crippen MR) is 114 cm³/mol. The van der Waals surface area contributed by atoms with Gasteiger partial charge in [0.1, 0.15) is 5.82 Å². The monoisotopic (exact) mass is 426 g/mol. The number of carbonyl (C=O) groups excluding carboxylic acids is 3. The predicted octanol–water partition coefficient (Wildman–Crippen LogP) is 3.23. The van der Waals surface area contributed by atoms with Crippen LogP contribution in [0.3, 0.4) is 0 Å². The zero-order chi connectivity index (χ0) is 22.4. The van der Waals surface area contributed by atoms with Gasteiger partial charge >= 0.3 is 5.97 Å². The third-order valence-corrected chi connectivity index (χ3v) is 5.53. The SMILES string of the molecule is Cc1ccccc1C(=O)N1CCC(C(=O)O[C@@H](C)C(=O)NCc2ccc(F)cc2)CC1. The van der Waals surface area contributed by atoms with Crippen LogP contribution in [0.25, 0.3) is 0 Å². The van der Waals surface area contributed by atoms with Gasteiger partial charge in [-0.15, -0.1) is 0 Å². The molecule has 0 saturated carbocycles. The van der Waals surface area contributed by atoms with Crippen molar-refractivity contribution in [2.24, 2.45) is 5.92 Å². The number of nitrogens with one attached hydrogen (secondary N) is 1. The van der Waals surface area contributed by atoms with Crippen molar-refractivity contribution in [3.05, 3.63) is 71.0 Å². The number of hydrogen-bond donors (Lipinski definition) is 1. The topological polar surface area (TPSA) is 75.7 Å². The highest BCUT2D eigenvalue weighted by Crippen LogP contribution is 2.22. The van der Waals surface area contributed by atoms with E-state index in [0.717, 1.165) is 11.1 Å². The number of esters is 1. The van der Waals surface area contributed by atoms with Gasteiger partial charge in [0, 0.05) is 25.2 Å². The molecule has 1 saturated heterocycles. The molecule has 164 valence electrons. The summed E-state index contributed by atoms with van der Waals surface area (Å²) in [5.41, 5.74) is 2.35. The first-order chi connectivity index (χ1) is 14.8. The molecule has 1 N–H and O–H groups in total. The summed E-state index contributed by atoms with van der Waals surface area (Å²) in [6.45, 7) is 4.59. The summed E-state index contributed by atoms with van der Waals surface area (Å²) in [6, 6.07) is 13.3. The van der Waals surface area contributed by atoms with Crippen molar-refractivity contribution in [2.45, 2.75) is 39.3 Å². The molecule has 1 atom stereocenters. The number of hydrogen-bond acceptors (Lipinski definition) is 4. The first-order valence-corrected chi connectivity index (χ1v) is 10.4. The molecule has 0 bridgehead atoms. The van der Waals surface area contributed by atoms with Crippen LogP contribution in [0.1, 0.15) is 41.3 Å². The molecule has 2 aromatic carbocycles. The number of rotatable bonds is 6. The second kappa shape index (κ2) is 10.2. The van der Waals surface area contributed by atoms with E-state index in [2.05, 4.69) is 5.32 Å². The van der Waals surface area contributed by atoms with Crippen LogP contribution < -0.4 is 5.32 Å². The molecule has 0 aliphatic carbocycles. The lowest BCUT2D eigenvalue weighted by molar-refractivity contribution is -0.160. The number of carbonyl (C=O) groups is 3. The minimum atomic E-state index is -0.931. The van der Waals surface area contributed by atoms with Crippen LogP contribution in [-0.2, 0) is 20.9 Å². The van der Waals surface area contributed by atoms with Crippen molar-refractivity contribution in [3.8, 4) is 0 Å². The molecule has 1 heterocycles. The summed E-state index contributed by atoms with van der Waals surface area (Å²) in [5, 5.41) is 2.68. The standard InChI is InChI=1S/C24H27FN2O4/c1-16-5-3-4-6-21(16)23(29)27-13-11-19(12-14-27)24(30)31-17(2)22(28)26-15-18-7-9-20(25)10-8-18/h3-10,17,19H,11-15H2,1-2H3,(H,26,28)/t17-/m0/s1. The Morgan fingerprint density at radius 2 is 1.74 bits per heavy atom. The number of nitrogens with zero attached hydrogens (tertiary/aromatic N) is 1. The number of ether oxygens (including phenoxy) is 1. The molecule has 7 heteroatoms. The van der Waals surface area contributed by atoms with E-state index in [9.17, 15) is 18.8 Å². The van der Waals surface area contributed by atoms with Crippen LogP contribution in [0.4, 0.5) is 4.39 Å². The zero-order valence-corrected chi connectivity index (χ0v) is 17.8. The number of likely N-dealkylation sites (tertiary alicyclic amines) is 1. The highest BCUT2D eigenvalue weighted by Gasteiger charge is 2.31. The Labute approximate surface area is 181 Å². The molecule has 0 unspecified atom stereocenters. The van der Waals surface area contributed by atoms with E-state index in [1.807, 2.05) is 31.2 Å². The molecule has 0 spiro atoms. The van der Waals surface area contributed by atoms with Crippen LogP contribution >= 0.6 is 0 Å². The molecule has 0 aromatic heterocycles. The molecule has 2 amide bonds. The molecule has 3 rings (SSSR count). The van der Waals surface area contributed by atoms with Crippen LogP contribution in [-0.4, -0.2) is 41.9 Å². The Balaban J connectivity index is 1.44. The first kappa shape index (κ1) is 22.5.